The van der Waals surface area contributed by atoms with Crippen molar-refractivity contribution in [3.8, 4) is 0 Å². The molecule has 0 atom stereocenters. The lowest BCUT2D eigenvalue weighted by molar-refractivity contribution is 0.102. The number of carbonyl (C=O) groups is 1. The predicted octanol–water partition coefficient (Wildman–Crippen LogP) is 3.26. The highest BCUT2D eigenvalue weighted by Gasteiger charge is 2.07. The van der Waals surface area contributed by atoms with Crippen LogP contribution >= 0.6 is 0 Å². The van der Waals surface area contributed by atoms with Crippen LogP contribution in [0, 0.1) is 0 Å². The number of nitrogens with zero attached hydrogens (tertiary/aromatic N) is 4. The zero-order valence-corrected chi connectivity index (χ0v) is 15.4. The molecule has 0 saturated heterocycles. The van der Waals surface area contributed by atoms with Gasteiger partial charge in [-0.15, -0.1) is 5.10 Å². The van der Waals surface area contributed by atoms with E-state index >= 15 is 0 Å². The van der Waals surface area contributed by atoms with Crippen molar-refractivity contribution in [1.82, 2.24) is 20.2 Å². The molecule has 1 aromatic carbocycles. The van der Waals surface area contributed by atoms with Gasteiger partial charge in [0.1, 0.15) is 0 Å². The quantitative estimate of drug-likeness (QED) is 0.670. The molecule has 0 aliphatic heterocycles. The van der Waals surface area contributed by atoms with E-state index in [0.29, 0.717) is 18.1 Å². The molecule has 0 saturated carbocycles. The smallest absolute Gasteiger partial charge is 0.257 e. The summed E-state index contributed by atoms with van der Waals surface area (Å²) in [6.07, 6.45) is 4.83. The first kappa shape index (κ1) is 18.4. The molecule has 1 amide bonds. The lowest BCUT2D eigenvalue weighted by Crippen LogP contribution is -2.12. The molecule has 0 unspecified atom stereocenters. The highest BCUT2D eigenvalue weighted by molar-refractivity contribution is 6.03. The Morgan fingerprint density at radius 2 is 1.78 bits per heavy atom. The van der Waals surface area contributed by atoms with E-state index in [9.17, 15) is 4.79 Å². The van der Waals surface area contributed by atoms with Gasteiger partial charge in [0, 0.05) is 24.6 Å². The SMILES string of the molecule is CCc1nnc(NCc2ccc(NC(=O)c3cccnc3)cc2)nc1CC. The maximum atomic E-state index is 12.1. The number of anilines is 2. The summed E-state index contributed by atoms with van der Waals surface area (Å²) in [6.45, 7) is 4.69. The van der Waals surface area contributed by atoms with Crippen molar-refractivity contribution >= 4 is 17.5 Å². The average Bonchev–Trinajstić information content (AvgIpc) is 2.73. The van der Waals surface area contributed by atoms with Gasteiger partial charge in [-0.3, -0.25) is 9.78 Å². The molecule has 0 spiro atoms. The maximum absolute atomic E-state index is 12.1. The third-order valence-corrected chi connectivity index (χ3v) is 4.10. The molecule has 3 aromatic rings. The minimum Gasteiger partial charge on any atom is -0.349 e. The van der Waals surface area contributed by atoms with E-state index in [2.05, 4.69) is 37.7 Å². The van der Waals surface area contributed by atoms with Crippen LogP contribution in [0.5, 0.6) is 0 Å². The molecule has 7 nitrogen and oxygen atoms in total. The molecule has 0 aliphatic carbocycles. The van der Waals surface area contributed by atoms with Crippen molar-refractivity contribution in [2.75, 3.05) is 10.6 Å². The van der Waals surface area contributed by atoms with E-state index in [1.54, 1.807) is 18.3 Å². The zero-order valence-electron chi connectivity index (χ0n) is 15.4. The Morgan fingerprint density at radius 1 is 1.00 bits per heavy atom. The Hall–Kier alpha value is -3.35. The van der Waals surface area contributed by atoms with Gasteiger partial charge < -0.3 is 10.6 Å². The number of benzene rings is 1. The van der Waals surface area contributed by atoms with Crippen LogP contribution in [-0.4, -0.2) is 26.1 Å². The summed E-state index contributed by atoms with van der Waals surface area (Å²) in [6, 6.07) is 11.1. The molecule has 138 valence electrons. The number of nitrogens with one attached hydrogen (secondary N) is 2. The van der Waals surface area contributed by atoms with E-state index in [1.165, 1.54) is 6.20 Å². The van der Waals surface area contributed by atoms with Crippen molar-refractivity contribution in [3.05, 3.63) is 71.3 Å². The van der Waals surface area contributed by atoms with E-state index in [1.807, 2.05) is 31.2 Å². The number of aromatic nitrogens is 4. The Kier molecular flexibility index (Phi) is 6.04. The summed E-state index contributed by atoms with van der Waals surface area (Å²) in [5.74, 6) is 0.342. The summed E-state index contributed by atoms with van der Waals surface area (Å²) in [5.41, 5.74) is 4.22. The predicted molar refractivity (Wildman–Crippen MR) is 105 cm³/mol. The summed E-state index contributed by atoms with van der Waals surface area (Å²) in [7, 11) is 0. The van der Waals surface area contributed by atoms with Crippen LogP contribution in [0.15, 0.2) is 48.8 Å². The summed E-state index contributed by atoms with van der Waals surface area (Å²) in [5, 5.41) is 14.4. The van der Waals surface area contributed by atoms with E-state index in [4.69, 9.17) is 0 Å². The monoisotopic (exact) mass is 362 g/mol. The molecule has 0 radical (unpaired) electrons. The van der Waals surface area contributed by atoms with Crippen LogP contribution in [0.3, 0.4) is 0 Å². The van der Waals surface area contributed by atoms with Crippen molar-refractivity contribution in [3.63, 3.8) is 0 Å². The zero-order chi connectivity index (χ0) is 19.1. The van der Waals surface area contributed by atoms with Crippen molar-refractivity contribution in [1.29, 1.82) is 0 Å². The van der Waals surface area contributed by atoms with E-state index < -0.39 is 0 Å². The van der Waals surface area contributed by atoms with Gasteiger partial charge in [-0.25, -0.2) is 4.98 Å². The topological polar surface area (TPSA) is 92.7 Å². The molecule has 0 bridgehead atoms. The second kappa shape index (κ2) is 8.84. The van der Waals surface area contributed by atoms with Crippen molar-refractivity contribution in [2.45, 2.75) is 33.2 Å². The Labute approximate surface area is 158 Å². The van der Waals surface area contributed by atoms with E-state index in [0.717, 1.165) is 35.5 Å². The number of carbonyl (C=O) groups excluding carboxylic acids is 1. The number of hydrogen-bond donors (Lipinski definition) is 2. The Balaban J connectivity index is 1.59. The summed E-state index contributed by atoms with van der Waals surface area (Å²) < 4.78 is 0. The molecule has 2 N–H and O–H groups in total. The van der Waals surface area contributed by atoms with Crippen LogP contribution in [0.2, 0.25) is 0 Å². The summed E-state index contributed by atoms with van der Waals surface area (Å²) in [4.78, 5) is 20.6. The van der Waals surface area contributed by atoms with Crippen LogP contribution in [-0.2, 0) is 19.4 Å². The number of rotatable bonds is 7. The minimum atomic E-state index is -0.184. The standard InChI is InChI=1S/C20H22N6O/c1-3-17-18(4-2)25-26-20(24-17)22-12-14-7-9-16(10-8-14)23-19(27)15-6-5-11-21-13-15/h5-11,13H,3-4,12H2,1-2H3,(H,23,27)(H,22,24,26). The lowest BCUT2D eigenvalue weighted by Gasteiger charge is -2.09. The Bertz CT molecular complexity index is 896. The third kappa shape index (κ3) is 4.84. The fraction of sp³-hybridized carbons (Fsp3) is 0.250. The van der Waals surface area contributed by atoms with Gasteiger partial charge in [0.15, 0.2) is 0 Å². The van der Waals surface area contributed by atoms with E-state index in [-0.39, 0.29) is 5.91 Å². The van der Waals surface area contributed by atoms with Gasteiger partial charge in [0.25, 0.3) is 5.91 Å². The van der Waals surface area contributed by atoms with Gasteiger partial charge in [0.05, 0.1) is 17.0 Å². The third-order valence-electron chi connectivity index (χ3n) is 4.10. The normalized spacial score (nSPS) is 10.4. The Morgan fingerprint density at radius 3 is 2.44 bits per heavy atom. The molecular weight excluding hydrogens is 340 g/mol. The lowest BCUT2D eigenvalue weighted by atomic mass is 10.2. The number of amides is 1. The second-order valence-corrected chi connectivity index (χ2v) is 5.98. The van der Waals surface area contributed by atoms with Crippen LogP contribution < -0.4 is 10.6 Å². The molecule has 27 heavy (non-hydrogen) atoms. The van der Waals surface area contributed by atoms with Crippen LogP contribution in [0.1, 0.15) is 41.2 Å². The fourth-order valence-corrected chi connectivity index (χ4v) is 2.60. The van der Waals surface area contributed by atoms with Gasteiger partial charge in [-0.2, -0.15) is 5.10 Å². The van der Waals surface area contributed by atoms with Crippen molar-refractivity contribution in [2.24, 2.45) is 0 Å². The molecule has 3 rings (SSSR count). The first-order chi connectivity index (χ1) is 13.2. The largest absolute Gasteiger partial charge is 0.349 e. The molecule has 0 fully saturated rings. The molecule has 2 aromatic heterocycles. The number of hydrogen-bond acceptors (Lipinski definition) is 6. The fourth-order valence-electron chi connectivity index (χ4n) is 2.60. The van der Waals surface area contributed by atoms with Gasteiger partial charge >= 0.3 is 0 Å². The first-order valence-electron chi connectivity index (χ1n) is 8.96. The molecule has 2 heterocycles. The second-order valence-electron chi connectivity index (χ2n) is 5.98. The van der Waals surface area contributed by atoms with Crippen LogP contribution in [0.25, 0.3) is 0 Å². The highest BCUT2D eigenvalue weighted by Crippen LogP contribution is 2.13. The highest BCUT2D eigenvalue weighted by atomic mass is 16.1. The first-order valence-corrected chi connectivity index (χ1v) is 8.96. The average molecular weight is 362 g/mol. The summed E-state index contributed by atoms with van der Waals surface area (Å²) >= 11 is 0. The molecular formula is C20H22N6O. The minimum absolute atomic E-state index is 0.184. The van der Waals surface area contributed by atoms with Crippen LogP contribution in [0.4, 0.5) is 11.6 Å². The molecule has 7 heteroatoms. The van der Waals surface area contributed by atoms with Gasteiger partial charge in [-0.1, -0.05) is 26.0 Å². The van der Waals surface area contributed by atoms with Gasteiger partial charge in [-0.05, 0) is 42.7 Å². The van der Waals surface area contributed by atoms with Gasteiger partial charge in [0.2, 0.25) is 5.95 Å². The molecule has 0 aliphatic rings. The number of aryl methyl sites for hydroxylation is 2. The number of pyridine rings is 1. The maximum Gasteiger partial charge on any atom is 0.257 e. The van der Waals surface area contributed by atoms with Crippen molar-refractivity contribution < 1.29 is 4.79 Å².